The van der Waals surface area contributed by atoms with E-state index in [1.54, 1.807) is 0 Å². The SMILES string of the molecule is Cc1ccccc1-c1cccc2c1oc1c(N(c3ccccc3)c3cc(N(c4ccccc4)c4cccc5c4oc4c(-c6ccccc6C)cccc45)c4ccc5cc(C6CCCCC6)cc6ccc3c4c65)cccc12. The highest BCUT2D eigenvalue weighted by Crippen LogP contribution is 2.54. The third-order valence-corrected chi connectivity index (χ3v) is 16.6. The van der Waals surface area contributed by atoms with Gasteiger partial charge >= 0.3 is 0 Å². The highest BCUT2D eigenvalue weighted by molar-refractivity contribution is 6.30. The summed E-state index contributed by atoms with van der Waals surface area (Å²) in [5.41, 5.74) is 17.9. The molecule has 0 amide bonds. The normalized spacial score (nSPS) is 13.3. The molecule has 0 N–H and O–H groups in total. The topological polar surface area (TPSA) is 32.8 Å². The monoisotopic (exact) mass is 978 g/mol. The van der Waals surface area contributed by atoms with Crippen LogP contribution in [-0.4, -0.2) is 0 Å². The predicted octanol–water partition coefficient (Wildman–Crippen LogP) is 21.3. The smallest absolute Gasteiger partial charge is 0.159 e. The van der Waals surface area contributed by atoms with E-state index in [1.807, 2.05) is 0 Å². The van der Waals surface area contributed by atoms with E-state index in [9.17, 15) is 0 Å². The summed E-state index contributed by atoms with van der Waals surface area (Å²) in [6.45, 7) is 4.36. The van der Waals surface area contributed by atoms with Gasteiger partial charge in [-0.15, -0.1) is 0 Å². The number of benzene rings is 12. The fourth-order valence-electron chi connectivity index (χ4n) is 13.1. The minimum absolute atomic E-state index is 0.579. The maximum absolute atomic E-state index is 7.32. The number of para-hydroxylation sites is 6. The average Bonchev–Trinajstić information content (AvgIpc) is 4.10. The van der Waals surface area contributed by atoms with Gasteiger partial charge in [0.15, 0.2) is 11.2 Å². The quantitative estimate of drug-likeness (QED) is 0.135. The molecule has 14 aromatic rings. The molecule has 0 atom stereocenters. The second-order valence-corrected chi connectivity index (χ2v) is 21.0. The number of fused-ring (bicyclic) bond motifs is 6. The van der Waals surface area contributed by atoms with E-state index in [0.29, 0.717) is 5.92 Å². The van der Waals surface area contributed by atoms with Crippen LogP contribution in [0.4, 0.5) is 34.1 Å². The maximum Gasteiger partial charge on any atom is 0.159 e. The molecule has 0 bridgehead atoms. The summed E-state index contributed by atoms with van der Waals surface area (Å²) in [4.78, 5) is 4.89. The molecule has 1 aliphatic carbocycles. The van der Waals surface area contributed by atoms with Crippen molar-refractivity contribution in [3.8, 4) is 22.3 Å². The molecule has 0 radical (unpaired) electrons. The zero-order valence-electron chi connectivity index (χ0n) is 42.7. The predicted molar refractivity (Wildman–Crippen MR) is 320 cm³/mol. The highest BCUT2D eigenvalue weighted by atomic mass is 16.3. The molecule has 0 saturated heterocycles. The molecule has 0 aliphatic heterocycles. The van der Waals surface area contributed by atoms with Crippen molar-refractivity contribution in [2.75, 3.05) is 9.80 Å². The summed E-state index contributed by atoms with van der Waals surface area (Å²) >= 11 is 0. The fraction of sp³-hybridized carbons (Fsp3) is 0.111. The van der Waals surface area contributed by atoms with Crippen molar-refractivity contribution in [1.82, 2.24) is 0 Å². The van der Waals surface area contributed by atoms with E-state index < -0.39 is 0 Å². The van der Waals surface area contributed by atoms with Crippen LogP contribution in [0, 0.1) is 13.8 Å². The Morgan fingerprint density at radius 1 is 0.329 bits per heavy atom. The molecule has 2 heterocycles. The molecule has 1 fully saturated rings. The van der Waals surface area contributed by atoms with Gasteiger partial charge in [-0.3, -0.25) is 0 Å². The number of hydrogen-bond acceptors (Lipinski definition) is 4. The Morgan fingerprint density at radius 3 is 1.22 bits per heavy atom. The second kappa shape index (κ2) is 17.8. The second-order valence-electron chi connectivity index (χ2n) is 21.0. The molecule has 12 aromatic carbocycles. The number of furan rings is 2. The van der Waals surface area contributed by atoms with Gasteiger partial charge in [0.2, 0.25) is 0 Å². The van der Waals surface area contributed by atoms with E-state index in [0.717, 1.165) is 99.9 Å². The third kappa shape index (κ3) is 6.97. The lowest BCUT2D eigenvalue weighted by Gasteiger charge is -2.32. The van der Waals surface area contributed by atoms with Crippen molar-refractivity contribution in [2.24, 2.45) is 0 Å². The average molecular weight is 979 g/mol. The Hall–Kier alpha value is -9.12. The summed E-state index contributed by atoms with van der Waals surface area (Å²) in [7, 11) is 0. The van der Waals surface area contributed by atoms with Gasteiger partial charge in [0.1, 0.15) is 11.2 Å². The zero-order chi connectivity index (χ0) is 50.4. The van der Waals surface area contributed by atoms with E-state index >= 15 is 0 Å². The van der Waals surface area contributed by atoms with Gasteiger partial charge < -0.3 is 18.6 Å². The molecule has 2 aromatic heterocycles. The maximum atomic E-state index is 7.32. The van der Waals surface area contributed by atoms with Gasteiger partial charge in [-0.05, 0) is 119 Å². The van der Waals surface area contributed by atoms with Gasteiger partial charge in [0, 0.05) is 60.2 Å². The van der Waals surface area contributed by atoms with Crippen LogP contribution in [0.1, 0.15) is 54.7 Å². The summed E-state index contributed by atoms with van der Waals surface area (Å²) in [6, 6.07) is 82.3. The molecule has 15 rings (SSSR count). The van der Waals surface area contributed by atoms with E-state index in [2.05, 4.69) is 248 Å². The molecule has 4 nitrogen and oxygen atoms in total. The standard InChI is InChI=1S/C72H54N2O2/c1-45-20-12-14-28-53(45)55-30-16-32-57-59-34-18-36-63(71(59)75-69(55)57)73(51-24-8-4-9-25-51)65-44-66(62-41-39-49-43-50(47-22-6-3-7-23-47)42-48-38-40-61(65)68(62)67(48)49)74(52-26-10-5-11-27-52)64-37-19-35-60-58-33-17-31-56(70(58)76-72(60)64)54-29-15-13-21-46(54)2/h4-5,8-21,24-44,47H,3,6-7,22-23H2,1-2H3. The van der Waals surface area contributed by atoms with Gasteiger partial charge in [-0.25, -0.2) is 0 Å². The number of nitrogens with zero attached hydrogens (tertiary/aromatic N) is 2. The van der Waals surface area contributed by atoms with Crippen molar-refractivity contribution in [2.45, 2.75) is 51.9 Å². The van der Waals surface area contributed by atoms with Gasteiger partial charge in [-0.2, -0.15) is 0 Å². The molecule has 0 unspecified atom stereocenters. The fourth-order valence-corrected chi connectivity index (χ4v) is 13.1. The molecule has 76 heavy (non-hydrogen) atoms. The molecule has 1 saturated carbocycles. The third-order valence-electron chi connectivity index (χ3n) is 16.6. The molecule has 0 spiro atoms. The number of aryl methyl sites for hydroxylation is 2. The first-order valence-electron chi connectivity index (χ1n) is 27.0. The van der Waals surface area contributed by atoms with E-state index in [1.165, 1.54) is 81.5 Å². The van der Waals surface area contributed by atoms with Crippen LogP contribution in [-0.2, 0) is 0 Å². The van der Waals surface area contributed by atoms with Crippen molar-refractivity contribution >= 4 is 110 Å². The highest BCUT2D eigenvalue weighted by Gasteiger charge is 2.29. The van der Waals surface area contributed by atoms with Gasteiger partial charge in [-0.1, -0.05) is 201 Å². The van der Waals surface area contributed by atoms with Gasteiger partial charge in [0.25, 0.3) is 0 Å². The Labute approximate surface area is 442 Å². The largest absolute Gasteiger partial charge is 0.453 e. The van der Waals surface area contributed by atoms with Crippen LogP contribution in [0.5, 0.6) is 0 Å². The van der Waals surface area contributed by atoms with E-state index in [4.69, 9.17) is 8.83 Å². The first-order chi connectivity index (χ1) is 37.6. The van der Waals surface area contributed by atoms with Crippen LogP contribution in [0.2, 0.25) is 0 Å². The molecule has 364 valence electrons. The van der Waals surface area contributed by atoms with Crippen LogP contribution in [0.15, 0.2) is 233 Å². The Kier molecular flexibility index (Phi) is 10.4. The summed E-state index contributed by atoms with van der Waals surface area (Å²) < 4.78 is 14.6. The Balaban J connectivity index is 1.05. The first kappa shape index (κ1) is 44.4. The lowest BCUT2D eigenvalue weighted by atomic mass is 9.82. The van der Waals surface area contributed by atoms with E-state index in [-0.39, 0.29) is 0 Å². The number of rotatable bonds is 9. The first-order valence-corrected chi connectivity index (χ1v) is 27.0. The minimum atomic E-state index is 0.579. The van der Waals surface area contributed by atoms with Gasteiger partial charge in [0.05, 0.1) is 22.7 Å². The molecule has 4 heteroatoms. The van der Waals surface area contributed by atoms with Crippen LogP contribution < -0.4 is 9.80 Å². The Morgan fingerprint density at radius 2 is 0.750 bits per heavy atom. The van der Waals surface area contributed by atoms with Crippen LogP contribution in [0.3, 0.4) is 0 Å². The summed E-state index contributed by atoms with van der Waals surface area (Å²) in [5, 5.41) is 11.7. The minimum Gasteiger partial charge on any atom is -0.453 e. The van der Waals surface area contributed by atoms with Crippen LogP contribution >= 0.6 is 0 Å². The van der Waals surface area contributed by atoms with Crippen molar-refractivity contribution in [3.63, 3.8) is 0 Å². The van der Waals surface area contributed by atoms with Crippen molar-refractivity contribution < 1.29 is 8.83 Å². The Bertz CT molecular complexity index is 4270. The number of anilines is 6. The molecular weight excluding hydrogens is 925 g/mol. The lowest BCUT2D eigenvalue weighted by molar-refractivity contribution is 0.444. The lowest BCUT2D eigenvalue weighted by Crippen LogP contribution is -2.15. The zero-order valence-corrected chi connectivity index (χ0v) is 42.7. The summed E-state index contributed by atoms with van der Waals surface area (Å²) in [5.74, 6) is 0.579. The molecule has 1 aliphatic rings. The van der Waals surface area contributed by atoms with Crippen LogP contribution in [0.25, 0.3) is 98.4 Å². The molecular formula is C72H54N2O2. The van der Waals surface area contributed by atoms with Crippen molar-refractivity contribution in [3.05, 3.63) is 241 Å². The van der Waals surface area contributed by atoms with Crippen molar-refractivity contribution in [1.29, 1.82) is 0 Å². The number of hydrogen-bond donors (Lipinski definition) is 0. The summed E-state index contributed by atoms with van der Waals surface area (Å²) in [6.07, 6.45) is 6.42.